The third-order valence-electron chi connectivity index (χ3n) is 13.1. The quantitative estimate of drug-likeness (QED) is 0.154. The lowest BCUT2D eigenvalue weighted by atomic mass is 9.92. The fraction of sp³-hybridized carbons (Fsp3) is 0. The monoisotopic (exact) mass is 786 g/mol. The summed E-state index contributed by atoms with van der Waals surface area (Å²) in [5.41, 5.74) is 14.4. The molecule has 11 aromatic carbocycles. The zero-order valence-corrected chi connectivity index (χ0v) is 33.8. The molecule has 0 spiro atoms. The lowest BCUT2D eigenvalue weighted by Gasteiger charge is -2.13. The van der Waals surface area contributed by atoms with Crippen LogP contribution < -0.4 is 0 Å². The minimum atomic E-state index is 1.15. The van der Waals surface area contributed by atoms with Crippen molar-refractivity contribution in [2.45, 2.75) is 0 Å². The van der Waals surface area contributed by atoms with Crippen LogP contribution in [0.5, 0.6) is 0 Å². The van der Waals surface area contributed by atoms with Crippen LogP contribution in [0.4, 0.5) is 0 Å². The summed E-state index contributed by atoms with van der Waals surface area (Å²) in [6, 6.07) is 84.7. The van der Waals surface area contributed by atoms with Crippen molar-refractivity contribution in [3.63, 3.8) is 0 Å². The summed E-state index contributed by atoms with van der Waals surface area (Å²) >= 11 is 0. The Morgan fingerprint density at radius 2 is 0.532 bits per heavy atom. The van der Waals surface area contributed by atoms with Crippen molar-refractivity contribution in [2.75, 3.05) is 0 Å². The Kier molecular flexibility index (Phi) is 7.64. The van der Waals surface area contributed by atoms with E-state index >= 15 is 0 Å². The SMILES string of the molecule is c1ccc(-n2c3ccccc3c3cc(-c4ccc(-c5ccc6c(c5)c5ccccc5n6-c5cccc(-c6ccc7c8ccccc8c8ccccc8c7c6)c5)cc4)ccc32)cc1. The fourth-order valence-corrected chi connectivity index (χ4v) is 10.2. The number of nitrogens with zero attached hydrogens (tertiary/aromatic N) is 2. The number of aromatic nitrogens is 2. The first-order valence-corrected chi connectivity index (χ1v) is 21.4. The van der Waals surface area contributed by atoms with E-state index in [1.807, 2.05) is 0 Å². The van der Waals surface area contributed by atoms with Crippen LogP contribution in [-0.2, 0) is 0 Å². The highest BCUT2D eigenvalue weighted by Crippen LogP contribution is 2.40. The van der Waals surface area contributed by atoms with Gasteiger partial charge in [0.2, 0.25) is 0 Å². The summed E-state index contributed by atoms with van der Waals surface area (Å²) in [5, 5.41) is 12.8. The van der Waals surface area contributed by atoms with Crippen LogP contribution >= 0.6 is 0 Å². The maximum Gasteiger partial charge on any atom is 0.0541 e. The second-order valence-electron chi connectivity index (χ2n) is 16.5. The Morgan fingerprint density at radius 3 is 1.10 bits per heavy atom. The van der Waals surface area contributed by atoms with Crippen molar-refractivity contribution >= 4 is 75.9 Å². The van der Waals surface area contributed by atoms with E-state index in [4.69, 9.17) is 0 Å². The van der Waals surface area contributed by atoms with Gasteiger partial charge >= 0.3 is 0 Å². The number of para-hydroxylation sites is 3. The Hall–Kier alpha value is -8.20. The molecule has 2 heteroatoms. The second-order valence-corrected chi connectivity index (χ2v) is 16.5. The van der Waals surface area contributed by atoms with E-state index in [0.29, 0.717) is 0 Å². The zero-order valence-electron chi connectivity index (χ0n) is 33.8. The first-order chi connectivity index (χ1) is 30.7. The number of hydrogen-bond acceptors (Lipinski definition) is 0. The highest BCUT2D eigenvalue weighted by atomic mass is 15.0. The summed E-state index contributed by atoms with van der Waals surface area (Å²) in [4.78, 5) is 0. The molecule has 0 aliphatic carbocycles. The van der Waals surface area contributed by atoms with Crippen LogP contribution in [0.15, 0.2) is 231 Å². The maximum atomic E-state index is 2.43. The molecule has 0 saturated heterocycles. The molecule has 288 valence electrons. The van der Waals surface area contributed by atoms with Crippen LogP contribution in [0.1, 0.15) is 0 Å². The largest absolute Gasteiger partial charge is 0.309 e. The third kappa shape index (κ3) is 5.30. The average molecular weight is 787 g/mol. The molecule has 0 bridgehead atoms. The Balaban J connectivity index is 0.875. The summed E-state index contributed by atoms with van der Waals surface area (Å²) < 4.78 is 4.80. The fourth-order valence-electron chi connectivity index (χ4n) is 10.2. The standard InChI is InChI=1S/C60H38N2/c1-2-14-45(15-3-1)61-57-23-10-8-21-52(57)55-37-42(30-33-59(55)61)39-25-27-40(28-26-39)43-31-34-60-56(38-43)53-22-9-11-24-58(53)62(60)46-16-12-13-41(35-46)44-29-32-51-49-19-5-4-17-47(49)48-18-6-7-20-50(48)54(51)36-44/h1-38H. The lowest BCUT2D eigenvalue weighted by Crippen LogP contribution is -1.94. The molecular weight excluding hydrogens is 749 g/mol. The Labute approximate surface area is 358 Å². The molecule has 0 radical (unpaired) electrons. The number of hydrogen-bond donors (Lipinski definition) is 0. The Morgan fingerprint density at radius 1 is 0.177 bits per heavy atom. The molecule has 13 rings (SSSR count). The van der Waals surface area contributed by atoms with Gasteiger partial charge in [0.25, 0.3) is 0 Å². The normalized spacial score (nSPS) is 11.9. The van der Waals surface area contributed by atoms with Crippen molar-refractivity contribution in [3.05, 3.63) is 231 Å². The van der Waals surface area contributed by atoms with Gasteiger partial charge in [0.15, 0.2) is 0 Å². The maximum absolute atomic E-state index is 2.43. The molecule has 0 saturated carbocycles. The third-order valence-corrected chi connectivity index (χ3v) is 13.1. The molecule has 13 aromatic rings. The van der Waals surface area contributed by atoms with E-state index in [9.17, 15) is 0 Å². The van der Waals surface area contributed by atoms with Gasteiger partial charge in [-0.15, -0.1) is 0 Å². The van der Waals surface area contributed by atoms with Gasteiger partial charge < -0.3 is 9.13 Å². The predicted molar refractivity (Wildman–Crippen MR) is 264 cm³/mol. The van der Waals surface area contributed by atoms with Crippen molar-refractivity contribution in [3.8, 4) is 44.8 Å². The van der Waals surface area contributed by atoms with Gasteiger partial charge in [-0.25, -0.2) is 0 Å². The summed E-state index contributed by atoms with van der Waals surface area (Å²) in [5.74, 6) is 0. The van der Waals surface area contributed by atoms with Gasteiger partial charge in [0, 0.05) is 32.9 Å². The molecule has 2 heterocycles. The topological polar surface area (TPSA) is 9.86 Å². The van der Waals surface area contributed by atoms with E-state index in [2.05, 4.69) is 240 Å². The van der Waals surface area contributed by atoms with Crippen LogP contribution in [0.25, 0.3) is 121 Å². The molecule has 62 heavy (non-hydrogen) atoms. The summed E-state index contributed by atoms with van der Waals surface area (Å²) in [6.07, 6.45) is 0. The van der Waals surface area contributed by atoms with E-state index in [-0.39, 0.29) is 0 Å². The molecule has 0 aliphatic rings. The molecular formula is C60H38N2. The van der Waals surface area contributed by atoms with Crippen molar-refractivity contribution < 1.29 is 0 Å². The van der Waals surface area contributed by atoms with E-state index in [1.54, 1.807) is 0 Å². The van der Waals surface area contributed by atoms with Crippen LogP contribution in [0, 0.1) is 0 Å². The lowest BCUT2D eigenvalue weighted by molar-refractivity contribution is 1.18. The van der Waals surface area contributed by atoms with E-state index in [0.717, 1.165) is 5.69 Å². The smallest absolute Gasteiger partial charge is 0.0541 e. The molecule has 0 aliphatic heterocycles. The molecule has 2 aromatic heterocycles. The molecule has 0 atom stereocenters. The number of rotatable bonds is 5. The molecule has 0 fully saturated rings. The predicted octanol–water partition coefficient (Wildman–Crippen LogP) is 16.3. The first kappa shape index (κ1) is 34.6. The first-order valence-electron chi connectivity index (χ1n) is 21.4. The molecule has 0 unspecified atom stereocenters. The van der Waals surface area contributed by atoms with Crippen molar-refractivity contribution in [1.82, 2.24) is 9.13 Å². The van der Waals surface area contributed by atoms with Gasteiger partial charge in [0.05, 0.1) is 22.1 Å². The molecule has 0 N–H and O–H groups in total. The van der Waals surface area contributed by atoms with E-state index in [1.165, 1.54) is 115 Å². The van der Waals surface area contributed by atoms with E-state index < -0.39 is 0 Å². The summed E-state index contributed by atoms with van der Waals surface area (Å²) in [6.45, 7) is 0. The summed E-state index contributed by atoms with van der Waals surface area (Å²) in [7, 11) is 0. The minimum Gasteiger partial charge on any atom is -0.309 e. The molecule has 2 nitrogen and oxygen atoms in total. The highest BCUT2D eigenvalue weighted by molar-refractivity contribution is 6.25. The Bertz CT molecular complexity index is 3870. The minimum absolute atomic E-state index is 1.15. The van der Waals surface area contributed by atoms with Crippen LogP contribution in [-0.4, -0.2) is 9.13 Å². The van der Waals surface area contributed by atoms with Crippen molar-refractivity contribution in [2.24, 2.45) is 0 Å². The number of benzene rings is 11. The average Bonchev–Trinajstić information content (AvgIpc) is 3.86. The van der Waals surface area contributed by atoms with Gasteiger partial charge in [-0.05, 0) is 132 Å². The van der Waals surface area contributed by atoms with Gasteiger partial charge in [-0.2, -0.15) is 0 Å². The van der Waals surface area contributed by atoms with Crippen LogP contribution in [0.3, 0.4) is 0 Å². The zero-order chi connectivity index (χ0) is 40.7. The van der Waals surface area contributed by atoms with Crippen LogP contribution in [0.2, 0.25) is 0 Å². The van der Waals surface area contributed by atoms with Crippen molar-refractivity contribution in [1.29, 1.82) is 0 Å². The van der Waals surface area contributed by atoms with Gasteiger partial charge in [-0.1, -0.05) is 164 Å². The van der Waals surface area contributed by atoms with Gasteiger partial charge in [0.1, 0.15) is 0 Å². The highest BCUT2D eigenvalue weighted by Gasteiger charge is 2.16. The second kappa shape index (κ2) is 13.7. The number of fused-ring (bicyclic) bond motifs is 12. The van der Waals surface area contributed by atoms with Gasteiger partial charge in [-0.3, -0.25) is 0 Å². The molecule has 0 amide bonds.